The van der Waals surface area contributed by atoms with Crippen LogP contribution in [0.25, 0.3) is 11.0 Å². The standard InChI is InChI=1S/C15H21N3O2/c1-3-14-17-12-6-5-11(9-13(12)18-14)10-15(19)16-7-4-8-20-2/h5-6,9H,3-4,7-8,10H2,1-2H3,(H,16,19)(H,17,18). The molecule has 2 N–H and O–H groups in total. The molecule has 0 unspecified atom stereocenters. The minimum Gasteiger partial charge on any atom is -0.385 e. The van der Waals surface area contributed by atoms with E-state index in [0.29, 0.717) is 19.6 Å². The molecular weight excluding hydrogens is 254 g/mol. The molecule has 0 radical (unpaired) electrons. The van der Waals surface area contributed by atoms with Gasteiger partial charge in [-0.05, 0) is 24.1 Å². The fourth-order valence-corrected chi connectivity index (χ4v) is 2.08. The summed E-state index contributed by atoms with van der Waals surface area (Å²) in [6.45, 7) is 3.38. The Morgan fingerprint density at radius 3 is 3.05 bits per heavy atom. The molecule has 2 aromatic rings. The first-order valence-electron chi connectivity index (χ1n) is 6.96. The van der Waals surface area contributed by atoms with Crippen molar-refractivity contribution in [1.82, 2.24) is 15.3 Å². The summed E-state index contributed by atoms with van der Waals surface area (Å²) in [5.41, 5.74) is 2.94. The Bertz CT molecular complexity index is 578. The number of hydrogen-bond acceptors (Lipinski definition) is 3. The second kappa shape index (κ2) is 7.05. The van der Waals surface area contributed by atoms with Gasteiger partial charge >= 0.3 is 0 Å². The Morgan fingerprint density at radius 1 is 1.45 bits per heavy atom. The Hall–Kier alpha value is -1.88. The van der Waals surface area contributed by atoms with Gasteiger partial charge in [0.15, 0.2) is 0 Å². The number of nitrogens with one attached hydrogen (secondary N) is 2. The topological polar surface area (TPSA) is 67.0 Å². The van der Waals surface area contributed by atoms with Crippen molar-refractivity contribution in [3.63, 3.8) is 0 Å². The molecule has 5 nitrogen and oxygen atoms in total. The highest BCUT2D eigenvalue weighted by Crippen LogP contribution is 2.14. The maximum Gasteiger partial charge on any atom is 0.224 e. The summed E-state index contributed by atoms with van der Waals surface area (Å²) >= 11 is 0. The van der Waals surface area contributed by atoms with E-state index in [-0.39, 0.29) is 5.91 Å². The van der Waals surface area contributed by atoms with Gasteiger partial charge in [-0.2, -0.15) is 0 Å². The molecule has 108 valence electrons. The van der Waals surface area contributed by atoms with E-state index in [2.05, 4.69) is 22.2 Å². The van der Waals surface area contributed by atoms with Crippen LogP contribution < -0.4 is 5.32 Å². The van der Waals surface area contributed by atoms with Gasteiger partial charge in [0.1, 0.15) is 5.82 Å². The number of methoxy groups -OCH3 is 1. The molecule has 0 atom stereocenters. The summed E-state index contributed by atoms with van der Waals surface area (Å²) in [6.07, 6.45) is 2.11. The highest BCUT2D eigenvalue weighted by Gasteiger charge is 2.06. The predicted octanol–water partition coefficient (Wildman–Crippen LogP) is 1.82. The zero-order valence-corrected chi connectivity index (χ0v) is 12.0. The summed E-state index contributed by atoms with van der Waals surface area (Å²) in [5, 5.41) is 2.89. The molecule has 0 spiro atoms. The molecule has 2 rings (SSSR count). The number of aromatic nitrogens is 2. The quantitative estimate of drug-likeness (QED) is 0.757. The highest BCUT2D eigenvalue weighted by atomic mass is 16.5. The van der Waals surface area contributed by atoms with Crippen LogP contribution in [0.2, 0.25) is 0 Å². The minimum absolute atomic E-state index is 0.0377. The van der Waals surface area contributed by atoms with E-state index in [4.69, 9.17) is 4.74 Å². The Morgan fingerprint density at radius 2 is 2.30 bits per heavy atom. The van der Waals surface area contributed by atoms with Crippen molar-refractivity contribution in [2.75, 3.05) is 20.3 Å². The molecule has 1 aromatic carbocycles. The average molecular weight is 275 g/mol. The molecule has 0 saturated carbocycles. The predicted molar refractivity (Wildman–Crippen MR) is 78.7 cm³/mol. The average Bonchev–Trinajstić information content (AvgIpc) is 2.86. The highest BCUT2D eigenvalue weighted by molar-refractivity contribution is 5.81. The lowest BCUT2D eigenvalue weighted by atomic mass is 10.1. The number of carbonyl (C=O) groups is 1. The molecule has 0 bridgehead atoms. The van der Waals surface area contributed by atoms with Crippen molar-refractivity contribution < 1.29 is 9.53 Å². The molecule has 0 saturated heterocycles. The molecular formula is C15H21N3O2. The van der Waals surface area contributed by atoms with Crippen LogP contribution in [-0.2, 0) is 22.4 Å². The van der Waals surface area contributed by atoms with E-state index < -0.39 is 0 Å². The molecule has 0 aliphatic carbocycles. The lowest BCUT2D eigenvalue weighted by molar-refractivity contribution is -0.120. The van der Waals surface area contributed by atoms with Crippen molar-refractivity contribution >= 4 is 16.9 Å². The maximum atomic E-state index is 11.8. The van der Waals surface area contributed by atoms with Crippen LogP contribution in [0.5, 0.6) is 0 Å². The number of rotatable bonds is 7. The molecule has 1 aromatic heterocycles. The number of ether oxygens (including phenoxy) is 1. The normalized spacial score (nSPS) is 10.9. The summed E-state index contributed by atoms with van der Waals surface area (Å²) in [7, 11) is 1.66. The molecule has 0 fully saturated rings. The monoisotopic (exact) mass is 275 g/mol. The number of amides is 1. The number of aromatic amines is 1. The van der Waals surface area contributed by atoms with Crippen molar-refractivity contribution in [2.45, 2.75) is 26.2 Å². The number of imidazole rings is 1. The van der Waals surface area contributed by atoms with Gasteiger partial charge in [-0.3, -0.25) is 4.79 Å². The van der Waals surface area contributed by atoms with Gasteiger partial charge in [-0.1, -0.05) is 13.0 Å². The zero-order valence-electron chi connectivity index (χ0n) is 12.0. The van der Waals surface area contributed by atoms with Crippen LogP contribution in [0.1, 0.15) is 24.7 Å². The van der Waals surface area contributed by atoms with Gasteiger partial charge < -0.3 is 15.0 Å². The van der Waals surface area contributed by atoms with Gasteiger partial charge in [0, 0.05) is 26.7 Å². The van der Waals surface area contributed by atoms with Gasteiger partial charge in [0.2, 0.25) is 5.91 Å². The number of aryl methyl sites for hydroxylation is 1. The Labute approximate surface area is 118 Å². The fraction of sp³-hybridized carbons (Fsp3) is 0.467. The summed E-state index contributed by atoms with van der Waals surface area (Å²) in [5.74, 6) is 1.01. The van der Waals surface area contributed by atoms with E-state index in [1.54, 1.807) is 7.11 Å². The van der Waals surface area contributed by atoms with E-state index in [1.807, 2.05) is 18.2 Å². The first kappa shape index (κ1) is 14.5. The molecule has 5 heteroatoms. The molecule has 1 amide bonds. The lowest BCUT2D eigenvalue weighted by Crippen LogP contribution is -2.26. The van der Waals surface area contributed by atoms with Gasteiger partial charge in [-0.25, -0.2) is 4.98 Å². The second-order valence-electron chi connectivity index (χ2n) is 4.76. The smallest absolute Gasteiger partial charge is 0.224 e. The maximum absolute atomic E-state index is 11.8. The number of carbonyl (C=O) groups excluding carboxylic acids is 1. The summed E-state index contributed by atoms with van der Waals surface area (Å²) < 4.78 is 4.94. The van der Waals surface area contributed by atoms with Crippen LogP contribution in [0.15, 0.2) is 18.2 Å². The number of benzene rings is 1. The van der Waals surface area contributed by atoms with Crippen molar-refractivity contribution in [3.05, 3.63) is 29.6 Å². The third-order valence-electron chi connectivity index (χ3n) is 3.14. The van der Waals surface area contributed by atoms with Gasteiger partial charge in [0.25, 0.3) is 0 Å². The third-order valence-corrected chi connectivity index (χ3v) is 3.14. The van der Waals surface area contributed by atoms with E-state index in [0.717, 1.165) is 35.3 Å². The number of H-pyrrole nitrogens is 1. The molecule has 0 aliphatic rings. The summed E-state index contributed by atoms with van der Waals surface area (Å²) in [6, 6.07) is 5.91. The number of fused-ring (bicyclic) bond motifs is 1. The van der Waals surface area contributed by atoms with Gasteiger partial charge in [0.05, 0.1) is 17.5 Å². The van der Waals surface area contributed by atoms with Crippen LogP contribution >= 0.6 is 0 Å². The van der Waals surface area contributed by atoms with Crippen molar-refractivity contribution in [2.24, 2.45) is 0 Å². The lowest BCUT2D eigenvalue weighted by Gasteiger charge is -2.05. The Kier molecular flexibility index (Phi) is 5.12. The van der Waals surface area contributed by atoms with Crippen molar-refractivity contribution in [1.29, 1.82) is 0 Å². The molecule has 20 heavy (non-hydrogen) atoms. The third kappa shape index (κ3) is 3.81. The van der Waals surface area contributed by atoms with Crippen LogP contribution in [-0.4, -0.2) is 36.1 Å². The first-order chi connectivity index (χ1) is 9.72. The van der Waals surface area contributed by atoms with Crippen molar-refractivity contribution in [3.8, 4) is 0 Å². The first-order valence-corrected chi connectivity index (χ1v) is 6.96. The summed E-state index contributed by atoms with van der Waals surface area (Å²) in [4.78, 5) is 19.5. The zero-order chi connectivity index (χ0) is 14.4. The second-order valence-corrected chi connectivity index (χ2v) is 4.76. The van der Waals surface area contributed by atoms with E-state index in [1.165, 1.54) is 0 Å². The van der Waals surface area contributed by atoms with Gasteiger partial charge in [-0.15, -0.1) is 0 Å². The molecule has 0 aliphatic heterocycles. The van der Waals surface area contributed by atoms with Crippen LogP contribution in [0.3, 0.4) is 0 Å². The van der Waals surface area contributed by atoms with E-state index >= 15 is 0 Å². The SMILES string of the molecule is CCc1nc2ccc(CC(=O)NCCCOC)cc2[nH]1. The number of hydrogen-bond donors (Lipinski definition) is 2. The van der Waals surface area contributed by atoms with Crippen LogP contribution in [0, 0.1) is 0 Å². The fourth-order valence-electron chi connectivity index (χ4n) is 2.08. The molecule has 1 heterocycles. The Balaban J connectivity index is 1.93. The van der Waals surface area contributed by atoms with Crippen LogP contribution in [0.4, 0.5) is 0 Å². The largest absolute Gasteiger partial charge is 0.385 e. The van der Waals surface area contributed by atoms with E-state index in [9.17, 15) is 4.79 Å². The minimum atomic E-state index is 0.0377. The number of nitrogens with zero attached hydrogens (tertiary/aromatic N) is 1.